The second-order valence-electron chi connectivity index (χ2n) is 7.74. The fourth-order valence-corrected chi connectivity index (χ4v) is 4.92. The van der Waals surface area contributed by atoms with Crippen molar-refractivity contribution in [3.63, 3.8) is 0 Å². The standard InChI is InChI=1S/C23H27ClN4OS/c1-3-22(29)25-20-15-19(24)17(14-16(20)2)8-9-27-10-12-28(13-11-27)23-18-6-4-5-7-21(18)30-26-23/h4-7,14-15H,3,8-13H2,1-2H3,(H,25,29). The number of hydrogen-bond acceptors (Lipinski definition) is 5. The third kappa shape index (κ3) is 4.61. The molecule has 2 heterocycles. The highest BCUT2D eigenvalue weighted by Crippen LogP contribution is 2.30. The Kier molecular flexibility index (Phi) is 6.56. The summed E-state index contributed by atoms with van der Waals surface area (Å²) in [6.07, 6.45) is 1.36. The van der Waals surface area contributed by atoms with Crippen LogP contribution in [0.25, 0.3) is 10.1 Å². The Morgan fingerprint density at radius 1 is 1.20 bits per heavy atom. The van der Waals surface area contributed by atoms with Crippen LogP contribution in [0.1, 0.15) is 24.5 Å². The molecule has 3 aromatic rings. The molecule has 0 aliphatic carbocycles. The van der Waals surface area contributed by atoms with Crippen molar-refractivity contribution < 1.29 is 4.79 Å². The number of hydrogen-bond donors (Lipinski definition) is 1. The lowest BCUT2D eigenvalue weighted by Gasteiger charge is -2.35. The maximum atomic E-state index is 11.7. The molecule has 30 heavy (non-hydrogen) atoms. The van der Waals surface area contributed by atoms with Gasteiger partial charge in [0, 0.05) is 55.2 Å². The molecule has 7 heteroatoms. The number of fused-ring (bicyclic) bond motifs is 1. The first-order valence-electron chi connectivity index (χ1n) is 10.5. The van der Waals surface area contributed by atoms with Crippen LogP contribution in [0.5, 0.6) is 0 Å². The average Bonchev–Trinajstić information content (AvgIpc) is 3.19. The van der Waals surface area contributed by atoms with E-state index in [1.54, 1.807) is 11.5 Å². The number of carbonyl (C=O) groups excluding carboxylic acids is 1. The monoisotopic (exact) mass is 442 g/mol. The number of amides is 1. The molecule has 0 spiro atoms. The molecule has 1 amide bonds. The van der Waals surface area contributed by atoms with Gasteiger partial charge in [0.05, 0.1) is 4.70 Å². The molecule has 5 nitrogen and oxygen atoms in total. The minimum atomic E-state index is 0.00711. The second kappa shape index (κ2) is 9.33. The topological polar surface area (TPSA) is 48.5 Å². The first-order chi connectivity index (χ1) is 14.5. The lowest BCUT2D eigenvalue weighted by molar-refractivity contribution is -0.115. The number of nitrogens with zero attached hydrogens (tertiary/aromatic N) is 3. The van der Waals surface area contributed by atoms with E-state index in [0.717, 1.165) is 66.8 Å². The first kappa shape index (κ1) is 21.1. The fourth-order valence-electron chi connectivity index (χ4n) is 3.87. The quantitative estimate of drug-likeness (QED) is 0.585. The number of rotatable bonds is 6. The van der Waals surface area contributed by atoms with Gasteiger partial charge in [0.1, 0.15) is 5.82 Å². The van der Waals surface area contributed by atoms with Crippen molar-refractivity contribution in [2.75, 3.05) is 42.9 Å². The summed E-state index contributed by atoms with van der Waals surface area (Å²) >= 11 is 8.09. The van der Waals surface area contributed by atoms with E-state index in [1.165, 1.54) is 10.1 Å². The normalized spacial score (nSPS) is 15.0. The van der Waals surface area contributed by atoms with Gasteiger partial charge in [-0.05, 0) is 54.2 Å². The van der Waals surface area contributed by atoms with Gasteiger partial charge in [0.2, 0.25) is 5.91 Å². The molecule has 2 aromatic carbocycles. The Labute approximate surface area is 186 Å². The zero-order valence-electron chi connectivity index (χ0n) is 17.4. The molecule has 0 bridgehead atoms. The summed E-state index contributed by atoms with van der Waals surface area (Å²) in [5, 5.41) is 4.90. The molecule has 4 rings (SSSR count). The third-order valence-electron chi connectivity index (χ3n) is 5.72. The van der Waals surface area contributed by atoms with E-state index in [2.05, 4.69) is 45.4 Å². The van der Waals surface area contributed by atoms with Crippen molar-refractivity contribution >= 4 is 50.6 Å². The minimum absolute atomic E-state index is 0.00711. The van der Waals surface area contributed by atoms with Crippen LogP contribution < -0.4 is 10.2 Å². The lowest BCUT2D eigenvalue weighted by Crippen LogP contribution is -2.47. The highest BCUT2D eigenvalue weighted by Gasteiger charge is 2.21. The number of nitrogens with one attached hydrogen (secondary N) is 1. The lowest BCUT2D eigenvalue weighted by atomic mass is 10.1. The molecule has 1 N–H and O–H groups in total. The molecule has 1 aliphatic heterocycles. The molecule has 0 atom stereocenters. The smallest absolute Gasteiger partial charge is 0.224 e. The summed E-state index contributed by atoms with van der Waals surface area (Å²) in [6.45, 7) is 8.86. The van der Waals surface area contributed by atoms with E-state index in [4.69, 9.17) is 16.0 Å². The van der Waals surface area contributed by atoms with Crippen molar-refractivity contribution in [2.24, 2.45) is 0 Å². The van der Waals surface area contributed by atoms with E-state index < -0.39 is 0 Å². The first-order valence-corrected chi connectivity index (χ1v) is 11.6. The highest BCUT2D eigenvalue weighted by atomic mass is 35.5. The van der Waals surface area contributed by atoms with Crippen molar-refractivity contribution in [3.8, 4) is 0 Å². The minimum Gasteiger partial charge on any atom is -0.353 e. The summed E-state index contributed by atoms with van der Waals surface area (Å²) in [5.41, 5.74) is 2.99. The van der Waals surface area contributed by atoms with Crippen molar-refractivity contribution in [1.29, 1.82) is 0 Å². The van der Waals surface area contributed by atoms with Gasteiger partial charge in [-0.15, -0.1) is 0 Å². The van der Waals surface area contributed by atoms with Crippen LogP contribution in [-0.2, 0) is 11.2 Å². The number of carbonyl (C=O) groups is 1. The van der Waals surface area contributed by atoms with E-state index in [0.29, 0.717) is 6.42 Å². The summed E-state index contributed by atoms with van der Waals surface area (Å²) in [4.78, 5) is 16.6. The number of piperazine rings is 1. The molecular formula is C23H27ClN4OS. The maximum absolute atomic E-state index is 11.7. The van der Waals surface area contributed by atoms with Crippen LogP contribution in [0.3, 0.4) is 0 Å². The number of aryl methyl sites for hydroxylation is 1. The molecule has 1 saturated heterocycles. The van der Waals surface area contributed by atoms with Gasteiger partial charge in [-0.3, -0.25) is 9.69 Å². The molecule has 0 unspecified atom stereocenters. The zero-order valence-corrected chi connectivity index (χ0v) is 19.0. The number of benzene rings is 2. The SMILES string of the molecule is CCC(=O)Nc1cc(Cl)c(CCN2CCN(c3nsc4ccccc34)CC2)cc1C. The van der Waals surface area contributed by atoms with E-state index >= 15 is 0 Å². The predicted octanol–water partition coefficient (Wildman–Crippen LogP) is 4.97. The van der Waals surface area contributed by atoms with E-state index in [9.17, 15) is 4.79 Å². The van der Waals surface area contributed by atoms with Crippen molar-refractivity contribution in [2.45, 2.75) is 26.7 Å². The molecule has 1 fully saturated rings. The van der Waals surface area contributed by atoms with Crippen LogP contribution in [-0.4, -0.2) is 47.9 Å². The molecular weight excluding hydrogens is 416 g/mol. The van der Waals surface area contributed by atoms with Gasteiger partial charge in [0.15, 0.2) is 0 Å². The summed E-state index contributed by atoms with van der Waals surface area (Å²) in [6, 6.07) is 12.4. The molecule has 1 aliphatic rings. The number of aromatic nitrogens is 1. The number of anilines is 2. The van der Waals surface area contributed by atoms with Gasteiger partial charge in [-0.25, -0.2) is 0 Å². The van der Waals surface area contributed by atoms with Crippen LogP contribution in [0.2, 0.25) is 5.02 Å². The average molecular weight is 443 g/mol. The zero-order chi connectivity index (χ0) is 21.1. The predicted molar refractivity (Wildman–Crippen MR) is 127 cm³/mol. The van der Waals surface area contributed by atoms with E-state index in [1.807, 2.05) is 19.9 Å². The molecule has 0 saturated carbocycles. The van der Waals surface area contributed by atoms with Crippen LogP contribution in [0, 0.1) is 6.92 Å². The summed E-state index contributed by atoms with van der Waals surface area (Å²) in [7, 11) is 0. The van der Waals surface area contributed by atoms with Gasteiger partial charge in [-0.1, -0.05) is 36.7 Å². The van der Waals surface area contributed by atoms with Crippen molar-refractivity contribution in [1.82, 2.24) is 9.27 Å². The van der Waals surface area contributed by atoms with Crippen LogP contribution in [0.4, 0.5) is 11.5 Å². The Morgan fingerprint density at radius 3 is 2.73 bits per heavy atom. The van der Waals surface area contributed by atoms with Gasteiger partial charge in [-0.2, -0.15) is 4.37 Å². The molecule has 0 radical (unpaired) electrons. The Hall–Kier alpha value is -2.15. The highest BCUT2D eigenvalue weighted by molar-refractivity contribution is 7.13. The Morgan fingerprint density at radius 2 is 1.97 bits per heavy atom. The molecule has 1 aromatic heterocycles. The largest absolute Gasteiger partial charge is 0.353 e. The summed E-state index contributed by atoms with van der Waals surface area (Å²) in [5.74, 6) is 1.13. The van der Waals surface area contributed by atoms with Crippen molar-refractivity contribution in [3.05, 3.63) is 52.5 Å². The maximum Gasteiger partial charge on any atom is 0.224 e. The fraction of sp³-hybridized carbons (Fsp3) is 0.391. The van der Waals surface area contributed by atoms with Gasteiger partial charge >= 0.3 is 0 Å². The second-order valence-corrected chi connectivity index (χ2v) is 8.95. The van der Waals surface area contributed by atoms with Gasteiger partial charge < -0.3 is 10.2 Å². The Bertz CT molecular complexity index is 1040. The van der Waals surface area contributed by atoms with E-state index in [-0.39, 0.29) is 5.91 Å². The molecule has 158 valence electrons. The summed E-state index contributed by atoms with van der Waals surface area (Å²) < 4.78 is 5.94. The van der Waals surface area contributed by atoms with Crippen LogP contribution >= 0.6 is 23.1 Å². The Balaban J connectivity index is 1.33. The van der Waals surface area contributed by atoms with Gasteiger partial charge in [0.25, 0.3) is 0 Å². The van der Waals surface area contributed by atoms with Crippen LogP contribution in [0.15, 0.2) is 36.4 Å². The number of halogens is 1. The third-order valence-corrected chi connectivity index (χ3v) is 6.88.